The molecule has 5 nitrogen and oxygen atoms in total. The third-order valence-corrected chi connectivity index (χ3v) is 2.11. The summed E-state index contributed by atoms with van der Waals surface area (Å²) in [5.74, 6) is 0.928. The van der Waals surface area contributed by atoms with Gasteiger partial charge in [-0.3, -0.25) is 0 Å². The minimum absolute atomic E-state index is 0.00754. The molecule has 5 heteroatoms. The van der Waals surface area contributed by atoms with Gasteiger partial charge in [-0.1, -0.05) is 6.07 Å². The summed E-state index contributed by atoms with van der Waals surface area (Å²) in [6.45, 7) is 2.20. The molecule has 0 saturated heterocycles. The van der Waals surface area contributed by atoms with Gasteiger partial charge in [0.2, 0.25) is 0 Å². The number of benzene rings is 1. The van der Waals surface area contributed by atoms with Crippen molar-refractivity contribution in [2.45, 2.75) is 6.92 Å². The summed E-state index contributed by atoms with van der Waals surface area (Å²) in [5, 5.41) is 25.9. The molecule has 0 N–H and O–H groups in total. The van der Waals surface area contributed by atoms with Gasteiger partial charge in [-0.2, -0.15) is 15.8 Å². The molecule has 1 aromatic rings. The summed E-state index contributed by atoms with van der Waals surface area (Å²) in [4.78, 5) is 0. The molecule has 0 aliphatic rings. The van der Waals surface area contributed by atoms with E-state index >= 15 is 0 Å². The molecular formula is C14H11N3O2. The number of nitriles is 3. The Hall–Kier alpha value is -2.97. The van der Waals surface area contributed by atoms with E-state index in [1.54, 1.807) is 30.3 Å². The van der Waals surface area contributed by atoms with Gasteiger partial charge in [0, 0.05) is 0 Å². The van der Waals surface area contributed by atoms with Crippen LogP contribution in [-0.4, -0.2) is 13.2 Å². The lowest BCUT2D eigenvalue weighted by molar-refractivity contribution is 0.298. The maximum atomic E-state index is 8.70. The highest BCUT2D eigenvalue weighted by Gasteiger charge is 2.06. The molecule has 0 radical (unpaired) electrons. The van der Waals surface area contributed by atoms with E-state index in [2.05, 4.69) is 0 Å². The van der Waals surface area contributed by atoms with Crippen LogP contribution in [0.25, 0.3) is 6.08 Å². The molecule has 0 aliphatic carbocycles. The molecule has 0 amide bonds. The van der Waals surface area contributed by atoms with Crippen LogP contribution in [0.1, 0.15) is 12.5 Å². The van der Waals surface area contributed by atoms with Crippen LogP contribution in [0.4, 0.5) is 0 Å². The summed E-state index contributed by atoms with van der Waals surface area (Å²) in [6, 6.07) is 10.4. The topological polar surface area (TPSA) is 89.8 Å². The number of nitrogens with zero attached hydrogens (tertiary/aromatic N) is 3. The van der Waals surface area contributed by atoms with Gasteiger partial charge < -0.3 is 9.47 Å². The number of hydrogen-bond acceptors (Lipinski definition) is 5. The summed E-state index contributed by atoms with van der Waals surface area (Å²) < 4.78 is 10.6. The van der Waals surface area contributed by atoms with E-state index in [1.807, 2.05) is 13.0 Å². The van der Waals surface area contributed by atoms with Crippen molar-refractivity contribution < 1.29 is 9.47 Å². The molecule has 0 spiro atoms. The highest BCUT2D eigenvalue weighted by molar-refractivity contribution is 5.64. The van der Waals surface area contributed by atoms with E-state index in [9.17, 15) is 0 Å². The number of rotatable bonds is 5. The minimum atomic E-state index is -0.0725. The van der Waals surface area contributed by atoms with Crippen molar-refractivity contribution >= 4 is 6.08 Å². The largest absolute Gasteiger partial charge is 0.490 e. The minimum Gasteiger partial charge on any atom is -0.490 e. The predicted octanol–water partition coefficient (Wildman–Crippen LogP) is 2.42. The molecular weight excluding hydrogens is 242 g/mol. The highest BCUT2D eigenvalue weighted by Crippen LogP contribution is 2.29. The molecule has 0 fully saturated rings. The third-order valence-electron chi connectivity index (χ3n) is 2.11. The van der Waals surface area contributed by atoms with Gasteiger partial charge in [0.05, 0.1) is 6.61 Å². The average molecular weight is 253 g/mol. The van der Waals surface area contributed by atoms with Crippen LogP contribution in [0.5, 0.6) is 11.5 Å². The molecule has 94 valence electrons. The molecule has 19 heavy (non-hydrogen) atoms. The smallest absolute Gasteiger partial charge is 0.174 e. The zero-order valence-corrected chi connectivity index (χ0v) is 10.4. The van der Waals surface area contributed by atoms with Crippen molar-refractivity contribution in [3.05, 3.63) is 29.3 Å². The number of allylic oxidation sites excluding steroid dienone is 1. The second-order valence-corrected chi connectivity index (χ2v) is 3.37. The molecule has 0 heterocycles. The van der Waals surface area contributed by atoms with E-state index < -0.39 is 0 Å². The first kappa shape index (κ1) is 14.1. The Kier molecular flexibility index (Phi) is 5.47. The monoisotopic (exact) mass is 253 g/mol. The van der Waals surface area contributed by atoms with Crippen LogP contribution in [0.15, 0.2) is 23.8 Å². The second-order valence-electron chi connectivity index (χ2n) is 3.37. The fraction of sp³-hybridized carbons (Fsp3) is 0.214. The van der Waals surface area contributed by atoms with E-state index in [-0.39, 0.29) is 12.2 Å². The fourth-order valence-corrected chi connectivity index (χ4v) is 1.37. The molecule has 0 aromatic heterocycles. The van der Waals surface area contributed by atoms with Gasteiger partial charge in [-0.25, -0.2) is 0 Å². The van der Waals surface area contributed by atoms with Gasteiger partial charge >= 0.3 is 0 Å². The third kappa shape index (κ3) is 4.07. The van der Waals surface area contributed by atoms with Crippen LogP contribution >= 0.6 is 0 Å². The molecule has 0 atom stereocenters. The van der Waals surface area contributed by atoms with Gasteiger partial charge in [0.25, 0.3) is 0 Å². The first-order valence-corrected chi connectivity index (χ1v) is 5.53. The molecule has 1 rings (SSSR count). The van der Waals surface area contributed by atoms with Crippen LogP contribution in [-0.2, 0) is 0 Å². The first-order valence-electron chi connectivity index (χ1n) is 5.53. The summed E-state index contributed by atoms with van der Waals surface area (Å²) in [6.07, 6.45) is 1.45. The van der Waals surface area contributed by atoms with Gasteiger partial charge in [0.15, 0.2) is 18.1 Å². The van der Waals surface area contributed by atoms with Crippen molar-refractivity contribution in [1.82, 2.24) is 0 Å². The molecule has 0 saturated carbocycles. The summed E-state index contributed by atoms with van der Waals surface area (Å²) in [7, 11) is 0. The molecule has 0 unspecified atom stereocenters. The highest BCUT2D eigenvalue weighted by atomic mass is 16.5. The maximum absolute atomic E-state index is 8.70. The summed E-state index contributed by atoms with van der Waals surface area (Å²) in [5.41, 5.74) is 0.666. The van der Waals surface area contributed by atoms with Crippen molar-refractivity contribution in [1.29, 1.82) is 15.8 Å². The zero-order chi connectivity index (χ0) is 14.1. The van der Waals surface area contributed by atoms with Crippen molar-refractivity contribution in [3.8, 4) is 29.7 Å². The van der Waals surface area contributed by atoms with Crippen LogP contribution < -0.4 is 9.47 Å². The van der Waals surface area contributed by atoms with Crippen LogP contribution in [0, 0.1) is 34.0 Å². The Balaban J connectivity index is 3.10. The Morgan fingerprint density at radius 3 is 2.47 bits per heavy atom. The number of ether oxygens (including phenoxy) is 2. The molecule has 0 aliphatic heterocycles. The lowest BCUT2D eigenvalue weighted by Crippen LogP contribution is -1.99. The normalized spacial score (nSPS) is 8.53. The van der Waals surface area contributed by atoms with Crippen molar-refractivity contribution in [3.63, 3.8) is 0 Å². The Labute approximate surface area is 111 Å². The summed E-state index contributed by atoms with van der Waals surface area (Å²) >= 11 is 0. The van der Waals surface area contributed by atoms with Gasteiger partial charge in [0.1, 0.15) is 23.8 Å². The van der Waals surface area contributed by atoms with E-state index in [0.717, 1.165) is 0 Å². The predicted molar refractivity (Wildman–Crippen MR) is 67.9 cm³/mol. The Morgan fingerprint density at radius 2 is 1.89 bits per heavy atom. The quantitative estimate of drug-likeness (QED) is 0.751. The van der Waals surface area contributed by atoms with Crippen molar-refractivity contribution in [2.24, 2.45) is 0 Å². The maximum Gasteiger partial charge on any atom is 0.174 e. The lowest BCUT2D eigenvalue weighted by Gasteiger charge is -2.10. The van der Waals surface area contributed by atoms with Gasteiger partial charge in [-0.05, 0) is 30.7 Å². The van der Waals surface area contributed by atoms with Crippen LogP contribution in [0.2, 0.25) is 0 Å². The number of hydrogen-bond donors (Lipinski definition) is 0. The van der Waals surface area contributed by atoms with E-state index in [0.29, 0.717) is 23.7 Å². The SMILES string of the molecule is CCOc1cc(C=C(C#N)C#N)ccc1OCC#N. The first-order chi connectivity index (χ1) is 9.24. The Bertz CT molecular complexity index is 585. The fourth-order valence-electron chi connectivity index (χ4n) is 1.37. The van der Waals surface area contributed by atoms with Gasteiger partial charge in [-0.15, -0.1) is 0 Å². The van der Waals surface area contributed by atoms with E-state index in [4.69, 9.17) is 25.3 Å². The van der Waals surface area contributed by atoms with E-state index in [1.165, 1.54) is 6.08 Å². The lowest BCUT2D eigenvalue weighted by atomic mass is 10.1. The standard InChI is InChI=1S/C14H11N3O2/c1-2-18-14-8-11(7-12(9-16)10-17)3-4-13(14)19-6-5-15/h3-4,7-8H,2,6H2,1H3. The average Bonchev–Trinajstić information content (AvgIpc) is 2.44. The van der Waals surface area contributed by atoms with Crippen molar-refractivity contribution in [2.75, 3.05) is 13.2 Å². The Morgan fingerprint density at radius 1 is 1.16 bits per heavy atom. The van der Waals surface area contributed by atoms with Crippen LogP contribution in [0.3, 0.4) is 0 Å². The zero-order valence-electron chi connectivity index (χ0n) is 10.4. The molecule has 0 bridgehead atoms. The molecule has 1 aromatic carbocycles. The second kappa shape index (κ2) is 7.37.